The molecule has 0 spiro atoms. The summed E-state index contributed by atoms with van der Waals surface area (Å²) in [5.41, 5.74) is 1.14. The molecule has 1 unspecified atom stereocenters. The Bertz CT molecular complexity index is 604. The van der Waals surface area contributed by atoms with Crippen molar-refractivity contribution in [3.8, 4) is 0 Å². The number of carbonyl (C=O) groups is 1. The molecule has 2 aromatic carbocycles. The van der Waals surface area contributed by atoms with E-state index in [-0.39, 0.29) is 12.5 Å². The van der Waals surface area contributed by atoms with E-state index in [1.807, 2.05) is 30.3 Å². The zero-order valence-electron chi connectivity index (χ0n) is 10.5. The van der Waals surface area contributed by atoms with Crippen LogP contribution in [0.25, 0.3) is 0 Å². The lowest BCUT2D eigenvalue weighted by atomic mass is 10.1. The minimum atomic E-state index is -0.741. The number of aliphatic hydroxyl groups is 1. The average molecular weight is 355 g/mol. The largest absolute Gasteiger partial charge is 0.387 e. The molecule has 0 fully saturated rings. The van der Waals surface area contributed by atoms with Crippen LogP contribution >= 0.6 is 27.5 Å². The first-order chi connectivity index (χ1) is 9.58. The number of amides is 1. The number of nitrogens with one attached hydrogen (secondary N) is 1. The van der Waals surface area contributed by atoms with Crippen LogP contribution in [-0.2, 0) is 0 Å². The van der Waals surface area contributed by atoms with E-state index in [0.29, 0.717) is 10.6 Å². The number of rotatable bonds is 4. The highest BCUT2D eigenvalue weighted by Gasteiger charge is 2.13. The molecular weight excluding hydrogens is 342 g/mol. The van der Waals surface area contributed by atoms with Gasteiger partial charge >= 0.3 is 0 Å². The zero-order valence-corrected chi connectivity index (χ0v) is 12.9. The normalized spacial score (nSPS) is 11.9. The van der Waals surface area contributed by atoms with Crippen LogP contribution in [0, 0.1) is 0 Å². The molecule has 20 heavy (non-hydrogen) atoms. The summed E-state index contributed by atoms with van der Waals surface area (Å²) < 4.78 is 0.809. The first kappa shape index (κ1) is 15.0. The lowest BCUT2D eigenvalue weighted by Gasteiger charge is -2.12. The third kappa shape index (κ3) is 3.82. The second-order valence-corrected chi connectivity index (χ2v) is 5.58. The van der Waals surface area contributed by atoms with E-state index in [9.17, 15) is 9.90 Å². The Kier molecular flexibility index (Phi) is 5.17. The predicted octanol–water partition coefficient (Wildman–Crippen LogP) is 3.57. The smallest absolute Gasteiger partial charge is 0.252 e. The van der Waals surface area contributed by atoms with Gasteiger partial charge in [-0.25, -0.2) is 0 Å². The molecule has 0 aliphatic heterocycles. The quantitative estimate of drug-likeness (QED) is 0.882. The van der Waals surface area contributed by atoms with Crippen LogP contribution in [-0.4, -0.2) is 17.6 Å². The van der Waals surface area contributed by atoms with Crippen LogP contribution in [0.3, 0.4) is 0 Å². The lowest BCUT2D eigenvalue weighted by molar-refractivity contribution is 0.0916. The molecule has 2 aromatic rings. The van der Waals surface area contributed by atoms with E-state index >= 15 is 0 Å². The van der Waals surface area contributed by atoms with Gasteiger partial charge in [-0.1, -0.05) is 57.9 Å². The fourth-order valence-corrected chi connectivity index (χ4v) is 2.51. The van der Waals surface area contributed by atoms with Crippen molar-refractivity contribution in [1.29, 1.82) is 0 Å². The first-order valence-electron chi connectivity index (χ1n) is 6.04. The van der Waals surface area contributed by atoms with E-state index in [1.54, 1.807) is 18.2 Å². The average Bonchev–Trinajstić information content (AvgIpc) is 2.45. The predicted molar refractivity (Wildman–Crippen MR) is 82.9 cm³/mol. The monoisotopic (exact) mass is 353 g/mol. The molecule has 104 valence electrons. The Hall–Kier alpha value is -1.36. The van der Waals surface area contributed by atoms with E-state index in [1.165, 1.54) is 0 Å². The van der Waals surface area contributed by atoms with Gasteiger partial charge in [-0.15, -0.1) is 0 Å². The van der Waals surface area contributed by atoms with Crippen LogP contribution in [0.4, 0.5) is 0 Å². The number of hydrogen-bond acceptors (Lipinski definition) is 2. The van der Waals surface area contributed by atoms with Gasteiger partial charge in [0, 0.05) is 11.0 Å². The maximum Gasteiger partial charge on any atom is 0.252 e. The Labute approximate surface area is 130 Å². The second-order valence-electron chi connectivity index (χ2n) is 4.26. The van der Waals surface area contributed by atoms with Crippen molar-refractivity contribution in [2.75, 3.05) is 6.54 Å². The Morgan fingerprint density at radius 2 is 1.95 bits per heavy atom. The number of aliphatic hydroxyl groups excluding tert-OH is 1. The minimum absolute atomic E-state index is 0.134. The molecule has 3 nitrogen and oxygen atoms in total. The van der Waals surface area contributed by atoms with E-state index in [4.69, 9.17) is 11.6 Å². The van der Waals surface area contributed by atoms with Crippen LogP contribution < -0.4 is 5.32 Å². The number of halogens is 2. The standard InChI is InChI=1S/C15H13BrClNO2/c16-11-6-7-12(13(17)8-11)15(20)18-9-14(19)10-4-2-1-3-5-10/h1-8,14,19H,9H2,(H,18,20). The van der Waals surface area contributed by atoms with E-state index in [2.05, 4.69) is 21.2 Å². The molecule has 2 N–H and O–H groups in total. The van der Waals surface area contributed by atoms with Gasteiger partial charge < -0.3 is 10.4 Å². The molecule has 0 aromatic heterocycles. The lowest BCUT2D eigenvalue weighted by Crippen LogP contribution is -2.28. The topological polar surface area (TPSA) is 49.3 Å². The molecule has 2 rings (SSSR count). The van der Waals surface area contributed by atoms with E-state index < -0.39 is 6.10 Å². The summed E-state index contributed by atoms with van der Waals surface area (Å²) in [6.07, 6.45) is -0.741. The summed E-state index contributed by atoms with van der Waals surface area (Å²) in [6.45, 7) is 0.134. The van der Waals surface area contributed by atoms with Gasteiger partial charge in [0.2, 0.25) is 0 Å². The van der Waals surface area contributed by atoms with Gasteiger partial charge in [-0.3, -0.25) is 4.79 Å². The van der Waals surface area contributed by atoms with Crippen molar-refractivity contribution in [3.05, 3.63) is 69.2 Å². The third-order valence-electron chi connectivity index (χ3n) is 2.82. The fraction of sp³-hybridized carbons (Fsp3) is 0.133. The van der Waals surface area contributed by atoms with Gasteiger partial charge in [-0.2, -0.15) is 0 Å². The summed E-state index contributed by atoms with van der Waals surface area (Å²) in [7, 11) is 0. The molecule has 1 amide bonds. The van der Waals surface area contributed by atoms with Gasteiger partial charge in [0.25, 0.3) is 5.91 Å². The van der Waals surface area contributed by atoms with Crippen LogP contribution in [0.5, 0.6) is 0 Å². The zero-order chi connectivity index (χ0) is 14.5. The summed E-state index contributed by atoms with van der Waals surface area (Å²) in [4.78, 5) is 12.0. The van der Waals surface area contributed by atoms with Crippen LogP contribution in [0.1, 0.15) is 22.0 Å². The SMILES string of the molecule is O=C(NCC(O)c1ccccc1)c1ccc(Br)cc1Cl. The van der Waals surface area contributed by atoms with Gasteiger partial charge in [0.05, 0.1) is 16.7 Å². The van der Waals surface area contributed by atoms with E-state index in [0.717, 1.165) is 10.0 Å². The molecule has 0 heterocycles. The summed E-state index contributed by atoms with van der Waals surface area (Å²) in [5.74, 6) is -0.308. The Balaban J connectivity index is 1.99. The highest BCUT2D eigenvalue weighted by molar-refractivity contribution is 9.10. The molecule has 0 aliphatic rings. The highest BCUT2D eigenvalue weighted by atomic mass is 79.9. The number of benzene rings is 2. The van der Waals surface area contributed by atoms with Gasteiger partial charge in [-0.05, 0) is 23.8 Å². The first-order valence-corrected chi connectivity index (χ1v) is 7.21. The number of hydrogen-bond donors (Lipinski definition) is 2. The Morgan fingerprint density at radius 3 is 2.60 bits per heavy atom. The minimum Gasteiger partial charge on any atom is -0.387 e. The molecular formula is C15H13BrClNO2. The van der Waals surface area contributed by atoms with Crippen molar-refractivity contribution in [2.24, 2.45) is 0 Å². The fourth-order valence-electron chi connectivity index (χ4n) is 1.75. The highest BCUT2D eigenvalue weighted by Crippen LogP contribution is 2.21. The molecule has 0 bridgehead atoms. The summed E-state index contributed by atoms with van der Waals surface area (Å²) in [6, 6.07) is 14.2. The van der Waals surface area contributed by atoms with Crippen molar-refractivity contribution < 1.29 is 9.90 Å². The molecule has 0 aliphatic carbocycles. The number of carbonyl (C=O) groups excluding carboxylic acids is 1. The third-order valence-corrected chi connectivity index (χ3v) is 3.62. The maximum absolute atomic E-state index is 12.0. The van der Waals surface area contributed by atoms with Crippen molar-refractivity contribution >= 4 is 33.4 Å². The molecule has 0 saturated carbocycles. The molecule has 5 heteroatoms. The van der Waals surface area contributed by atoms with Crippen molar-refractivity contribution in [3.63, 3.8) is 0 Å². The van der Waals surface area contributed by atoms with Crippen molar-refractivity contribution in [2.45, 2.75) is 6.10 Å². The summed E-state index contributed by atoms with van der Waals surface area (Å²) >= 11 is 9.29. The second kappa shape index (κ2) is 6.88. The Morgan fingerprint density at radius 1 is 1.25 bits per heavy atom. The van der Waals surface area contributed by atoms with Gasteiger partial charge in [0.1, 0.15) is 0 Å². The van der Waals surface area contributed by atoms with Crippen LogP contribution in [0.15, 0.2) is 53.0 Å². The van der Waals surface area contributed by atoms with Gasteiger partial charge in [0.15, 0.2) is 0 Å². The van der Waals surface area contributed by atoms with Crippen LogP contribution in [0.2, 0.25) is 5.02 Å². The molecule has 0 saturated heterocycles. The molecule has 1 atom stereocenters. The van der Waals surface area contributed by atoms with Crippen molar-refractivity contribution in [1.82, 2.24) is 5.32 Å². The summed E-state index contributed by atoms with van der Waals surface area (Å²) in [5, 5.41) is 13.0. The maximum atomic E-state index is 12.0. The molecule has 0 radical (unpaired) electrons.